The third-order valence-corrected chi connectivity index (χ3v) is 3.67. The highest BCUT2D eigenvalue weighted by molar-refractivity contribution is 5.90. The molecule has 8 nitrogen and oxygen atoms in total. The standard InChI is InChI=1S/C16H15FN4O4/c1-24-14(22)11-6-8-21(9-7-11)16(23)18-15-20-19-13(25-15)10-2-4-12(17)5-3-10/h2-6H,7-9H2,1H3,(H,18,20,23). The first-order valence-corrected chi connectivity index (χ1v) is 7.49. The Morgan fingerprint density at radius 2 is 2.04 bits per heavy atom. The second-order valence-electron chi connectivity index (χ2n) is 5.27. The van der Waals surface area contributed by atoms with Crippen molar-refractivity contribution in [3.05, 3.63) is 41.7 Å². The minimum absolute atomic E-state index is 0.0629. The lowest BCUT2D eigenvalue weighted by molar-refractivity contribution is -0.136. The van der Waals surface area contributed by atoms with Gasteiger partial charge >= 0.3 is 18.0 Å². The van der Waals surface area contributed by atoms with Crippen molar-refractivity contribution in [3.8, 4) is 11.5 Å². The first kappa shape index (κ1) is 16.6. The van der Waals surface area contributed by atoms with Crippen LogP contribution in [-0.4, -0.2) is 47.3 Å². The second-order valence-corrected chi connectivity index (χ2v) is 5.27. The van der Waals surface area contributed by atoms with Crippen molar-refractivity contribution < 1.29 is 23.1 Å². The number of urea groups is 1. The smallest absolute Gasteiger partial charge is 0.333 e. The summed E-state index contributed by atoms with van der Waals surface area (Å²) < 4.78 is 22.9. The van der Waals surface area contributed by atoms with Gasteiger partial charge in [-0.15, -0.1) is 5.10 Å². The van der Waals surface area contributed by atoms with Crippen LogP contribution >= 0.6 is 0 Å². The topological polar surface area (TPSA) is 97.6 Å². The number of aromatic nitrogens is 2. The van der Waals surface area contributed by atoms with Gasteiger partial charge in [-0.1, -0.05) is 11.2 Å². The molecular formula is C16H15FN4O4. The summed E-state index contributed by atoms with van der Waals surface area (Å²) in [5.74, 6) is -0.594. The molecule has 2 amide bonds. The van der Waals surface area contributed by atoms with E-state index < -0.39 is 6.03 Å². The Morgan fingerprint density at radius 3 is 2.68 bits per heavy atom. The van der Waals surface area contributed by atoms with Gasteiger partial charge in [0.05, 0.1) is 7.11 Å². The first-order valence-electron chi connectivity index (χ1n) is 7.49. The molecule has 2 aromatic rings. The predicted molar refractivity (Wildman–Crippen MR) is 85.0 cm³/mol. The molecule has 0 saturated heterocycles. The van der Waals surface area contributed by atoms with Crippen molar-refractivity contribution in [2.45, 2.75) is 6.42 Å². The molecule has 0 aliphatic carbocycles. The van der Waals surface area contributed by atoms with Gasteiger partial charge in [-0.05, 0) is 30.7 Å². The highest BCUT2D eigenvalue weighted by atomic mass is 19.1. The van der Waals surface area contributed by atoms with Gasteiger partial charge < -0.3 is 14.1 Å². The number of hydrogen-bond donors (Lipinski definition) is 1. The number of carbonyl (C=O) groups is 2. The van der Waals surface area contributed by atoms with E-state index in [1.54, 1.807) is 6.08 Å². The zero-order chi connectivity index (χ0) is 17.8. The summed E-state index contributed by atoms with van der Waals surface area (Å²) >= 11 is 0. The summed E-state index contributed by atoms with van der Waals surface area (Å²) in [6.45, 7) is 0.640. The molecule has 0 fully saturated rings. The molecule has 0 radical (unpaired) electrons. The van der Waals surface area contributed by atoms with Crippen LogP contribution in [0.4, 0.5) is 15.2 Å². The lowest BCUT2D eigenvalue weighted by Gasteiger charge is -2.25. The van der Waals surface area contributed by atoms with Crippen molar-refractivity contribution in [3.63, 3.8) is 0 Å². The van der Waals surface area contributed by atoms with Gasteiger partial charge in [0.1, 0.15) is 5.82 Å². The summed E-state index contributed by atoms with van der Waals surface area (Å²) in [5.41, 5.74) is 1.08. The Bertz CT molecular complexity index is 816. The van der Waals surface area contributed by atoms with Crippen molar-refractivity contribution in [1.82, 2.24) is 15.1 Å². The summed E-state index contributed by atoms with van der Waals surface area (Å²) in [5, 5.41) is 10.1. The average Bonchev–Trinajstić information content (AvgIpc) is 3.10. The van der Waals surface area contributed by atoms with Crippen molar-refractivity contribution in [2.75, 3.05) is 25.5 Å². The number of anilines is 1. The van der Waals surface area contributed by atoms with Crippen LogP contribution < -0.4 is 5.32 Å². The van der Waals surface area contributed by atoms with E-state index in [1.165, 1.54) is 36.3 Å². The third kappa shape index (κ3) is 3.82. The Morgan fingerprint density at radius 1 is 1.28 bits per heavy atom. The number of methoxy groups -OCH3 is 1. The van der Waals surface area contributed by atoms with Gasteiger partial charge in [0, 0.05) is 24.2 Å². The molecule has 0 atom stereocenters. The Labute approximate surface area is 142 Å². The molecule has 0 unspecified atom stereocenters. The first-order chi connectivity index (χ1) is 12.1. The highest BCUT2D eigenvalue weighted by Gasteiger charge is 2.22. The normalized spacial score (nSPS) is 14.0. The number of carbonyl (C=O) groups excluding carboxylic acids is 2. The maximum atomic E-state index is 12.9. The van der Waals surface area contributed by atoms with Crippen LogP contribution in [0.2, 0.25) is 0 Å². The molecule has 130 valence electrons. The number of nitrogens with zero attached hydrogens (tertiary/aromatic N) is 3. The van der Waals surface area contributed by atoms with Crippen LogP contribution in [0.3, 0.4) is 0 Å². The van der Waals surface area contributed by atoms with E-state index in [4.69, 9.17) is 4.42 Å². The number of esters is 1. The van der Waals surface area contributed by atoms with Crippen LogP contribution in [0.5, 0.6) is 0 Å². The molecule has 2 heterocycles. The van der Waals surface area contributed by atoms with Crippen LogP contribution in [0.1, 0.15) is 6.42 Å². The van der Waals surface area contributed by atoms with E-state index in [0.717, 1.165) is 0 Å². The number of benzene rings is 1. The molecule has 1 aromatic heterocycles. The molecule has 1 N–H and O–H groups in total. The second kappa shape index (κ2) is 7.12. The van der Waals surface area contributed by atoms with E-state index in [9.17, 15) is 14.0 Å². The number of ether oxygens (including phenoxy) is 1. The fourth-order valence-corrected chi connectivity index (χ4v) is 2.32. The lowest BCUT2D eigenvalue weighted by Crippen LogP contribution is -2.38. The van der Waals surface area contributed by atoms with Crippen LogP contribution in [-0.2, 0) is 9.53 Å². The van der Waals surface area contributed by atoms with E-state index in [2.05, 4.69) is 20.3 Å². The molecule has 0 saturated carbocycles. The van der Waals surface area contributed by atoms with Gasteiger partial charge in [-0.3, -0.25) is 5.32 Å². The number of halogens is 1. The zero-order valence-electron chi connectivity index (χ0n) is 13.4. The van der Waals surface area contributed by atoms with E-state index in [1.807, 2.05) is 0 Å². The van der Waals surface area contributed by atoms with Gasteiger partial charge in [-0.25, -0.2) is 14.0 Å². The van der Waals surface area contributed by atoms with Gasteiger partial charge in [0.25, 0.3) is 0 Å². The molecule has 1 aliphatic heterocycles. The zero-order valence-corrected chi connectivity index (χ0v) is 13.4. The summed E-state index contributed by atoms with van der Waals surface area (Å²) in [7, 11) is 1.32. The van der Waals surface area contributed by atoms with Crippen molar-refractivity contribution >= 4 is 18.0 Å². The van der Waals surface area contributed by atoms with E-state index in [-0.39, 0.29) is 30.2 Å². The van der Waals surface area contributed by atoms with Gasteiger partial charge in [0.15, 0.2) is 0 Å². The maximum Gasteiger partial charge on any atom is 0.333 e. The summed E-state index contributed by atoms with van der Waals surface area (Å²) in [4.78, 5) is 25.1. The minimum Gasteiger partial charge on any atom is -0.466 e. The summed E-state index contributed by atoms with van der Waals surface area (Å²) in [6, 6.07) is 5.06. The molecule has 9 heteroatoms. The highest BCUT2D eigenvalue weighted by Crippen LogP contribution is 2.20. The number of hydrogen-bond acceptors (Lipinski definition) is 6. The SMILES string of the molecule is COC(=O)C1=CCN(C(=O)Nc2nnc(-c3ccc(F)cc3)o2)CC1. The fraction of sp³-hybridized carbons (Fsp3) is 0.250. The van der Waals surface area contributed by atoms with Gasteiger partial charge in [0.2, 0.25) is 5.89 Å². The molecule has 0 spiro atoms. The van der Waals surface area contributed by atoms with E-state index >= 15 is 0 Å². The Balaban J connectivity index is 1.62. The van der Waals surface area contributed by atoms with Crippen LogP contribution in [0.15, 0.2) is 40.3 Å². The predicted octanol–water partition coefficient (Wildman–Crippen LogP) is 2.21. The quantitative estimate of drug-likeness (QED) is 0.856. The number of rotatable bonds is 3. The molecule has 1 aliphatic rings. The fourth-order valence-electron chi connectivity index (χ4n) is 2.32. The Hall–Kier alpha value is -3.23. The lowest BCUT2D eigenvalue weighted by atomic mass is 10.1. The third-order valence-electron chi connectivity index (χ3n) is 3.67. The van der Waals surface area contributed by atoms with Crippen LogP contribution in [0.25, 0.3) is 11.5 Å². The maximum absolute atomic E-state index is 12.9. The summed E-state index contributed by atoms with van der Waals surface area (Å²) in [6.07, 6.45) is 2.05. The minimum atomic E-state index is -0.422. The average molecular weight is 346 g/mol. The number of amides is 2. The largest absolute Gasteiger partial charge is 0.466 e. The molecular weight excluding hydrogens is 331 g/mol. The van der Waals surface area contributed by atoms with Crippen molar-refractivity contribution in [2.24, 2.45) is 0 Å². The van der Waals surface area contributed by atoms with Gasteiger partial charge in [-0.2, -0.15) is 0 Å². The molecule has 3 rings (SSSR count). The molecule has 25 heavy (non-hydrogen) atoms. The molecule has 0 bridgehead atoms. The monoisotopic (exact) mass is 346 g/mol. The van der Waals surface area contributed by atoms with Crippen LogP contribution in [0, 0.1) is 5.82 Å². The Kier molecular flexibility index (Phi) is 4.73. The number of nitrogens with one attached hydrogen (secondary N) is 1. The molecule has 1 aromatic carbocycles. The van der Waals surface area contributed by atoms with E-state index in [0.29, 0.717) is 24.1 Å². The van der Waals surface area contributed by atoms with Crippen molar-refractivity contribution in [1.29, 1.82) is 0 Å².